The molecule has 1 heterocycles. The Balaban J connectivity index is 2.42. The summed E-state index contributed by atoms with van der Waals surface area (Å²) in [6.07, 6.45) is 0. The molecule has 1 N–H and O–H groups in total. The van der Waals surface area contributed by atoms with Gasteiger partial charge in [0.2, 0.25) is 0 Å². The topological polar surface area (TPSA) is 20.7 Å². The smallest absolute Gasteiger partial charge is 0.182 e. The molecule has 0 aliphatic rings. The van der Waals surface area contributed by atoms with E-state index in [0.717, 1.165) is 0 Å². The highest BCUT2D eigenvalue weighted by Gasteiger charge is 2.12. The highest BCUT2D eigenvalue weighted by atomic mass is 35.5. The number of aromatic nitrogens is 2. The van der Waals surface area contributed by atoms with E-state index in [-0.39, 0.29) is 15.5 Å². The zero-order valence-electron chi connectivity index (χ0n) is 9.45. The van der Waals surface area contributed by atoms with Gasteiger partial charge in [0.25, 0.3) is 0 Å². The molecule has 6 heteroatoms. The number of H-pyrrole nitrogens is 1. The van der Waals surface area contributed by atoms with Gasteiger partial charge in [0.1, 0.15) is 11.6 Å². The number of aromatic amines is 1. The standard InChI is InChI=1S/C13H7ClF2N2S/c14-7-5-10-12(6-9(7)16)18(13(19)17-10)11-4-2-1-3-8(11)15/h1-6H,(H,17,19). The fourth-order valence-corrected chi connectivity index (χ4v) is 2.44. The quantitative estimate of drug-likeness (QED) is 0.650. The lowest BCUT2D eigenvalue weighted by Gasteiger charge is -2.05. The number of benzene rings is 2. The van der Waals surface area contributed by atoms with Crippen LogP contribution in [0.1, 0.15) is 0 Å². The van der Waals surface area contributed by atoms with Crippen molar-refractivity contribution in [1.29, 1.82) is 0 Å². The summed E-state index contributed by atoms with van der Waals surface area (Å²) >= 11 is 10.9. The maximum atomic E-state index is 13.8. The molecule has 0 amide bonds. The van der Waals surface area contributed by atoms with Crippen LogP contribution in [0, 0.1) is 16.4 Å². The van der Waals surface area contributed by atoms with Crippen LogP contribution < -0.4 is 0 Å². The molecule has 0 radical (unpaired) electrons. The summed E-state index contributed by atoms with van der Waals surface area (Å²) in [5.41, 5.74) is 1.26. The Bertz CT molecular complexity index is 838. The molecule has 19 heavy (non-hydrogen) atoms. The molecule has 1 aromatic heterocycles. The molecule has 3 rings (SSSR count). The van der Waals surface area contributed by atoms with Gasteiger partial charge in [0.05, 0.1) is 21.7 Å². The first-order valence-corrected chi connectivity index (χ1v) is 6.21. The third-order valence-corrected chi connectivity index (χ3v) is 3.39. The molecule has 0 spiro atoms. The van der Waals surface area contributed by atoms with Crippen molar-refractivity contribution in [3.63, 3.8) is 0 Å². The lowest BCUT2D eigenvalue weighted by atomic mass is 10.2. The number of para-hydroxylation sites is 1. The first kappa shape index (κ1) is 12.3. The molecular formula is C13H7ClF2N2S. The lowest BCUT2D eigenvalue weighted by Crippen LogP contribution is -1.97. The Hall–Kier alpha value is -1.72. The zero-order valence-corrected chi connectivity index (χ0v) is 11.0. The number of nitrogens with zero attached hydrogens (tertiary/aromatic N) is 1. The molecule has 0 saturated heterocycles. The second-order valence-corrected chi connectivity index (χ2v) is 4.79. The largest absolute Gasteiger partial charge is 0.330 e. The predicted octanol–water partition coefficient (Wildman–Crippen LogP) is 4.62. The molecule has 0 aliphatic heterocycles. The minimum atomic E-state index is -0.576. The molecule has 2 aromatic carbocycles. The van der Waals surface area contributed by atoms with E-state index in [1.807, 2.05) is 0 Å². The van der Waals surface area contributed by atoms with Gasteiger partial charge < -0.3 is 4.98 Å². The number of imidazole rings is 1. The molecule has 0 aliphatic carbocycles. The van der Waals surface area contributed by atoms with E-state index in [2.05, 4.69) is 4.98 Å². The molecule has 0 fully saturated rings. The summed E-state index contributed by atoms with van der Waals surface area (Å²) in [7, 11) is 0. The summed E-state index contributed by atoms with van der Waals surface area (Å²) in [6, 6.07) is 8.82. The van der Waals surface area contributed by atoms with Gasteiger partial charge in [0, 0.05) is 6.07 Å². The van der Waals surface area contributed by atoms with Crippen molar-refractivity contribution in [3.05, 3.63) is 57.8 Å². The van der Waals surface area contributed by atoms with Gasteiger partial charge in [-0.1, -0.05) is 23.7 Å². The Morgan fingerprint density at radius 3 is 2.58 bits per heavy atom. The molecule has 0 unspecified atom stereocenters. The summed E-state index contributed by atoms with van der Waals surface area (Å²) in [6.45, 7) is 0. The van der Waals surface area contributed by atoms with Crippen LogP contribution in [0.5, 0.6) is 0 Å². The monoisotopic (exact) mass is 296 g/mol. The van der Waals surface area contributed by atoms with Crippen molar-refractivity contribution in [2.45, 2.75) is 0 Å². The fraction of sp³-hybridized carbons (Fsp3) is 0. The van der Waals surface area contributed by atoms with Crippen LogP contribution in [0.25, 0.3) is 16.7 Å². The van der Waals surface area contributed by atoms with Crippen LogP contribution >= 0.6 is 23.8 Å². The van der Waals surface area contributed by atoms with E-state index in [9.17, 15) is 8.78 Å². The Morgan fingerprint density at radius 1 is 1.11 bits per heavy atom. The van der Waals surface area contributed by atoms with Crippen molar-refractivity contribution in [3.8, 4) is 5.69 Å². The number of fused-ring (bicyclic) bond motifs is 1. The average molecular weight is 297 g/mol. The number of nitrogens with one attached hydrogen (secondary N) is 1. The van der Waals surface area contributed by atoms with E-state index in [4.69, 9.17) is 23.8 Å². The van der Waals surface area contributed by atoms with Gasteiger partial charge >= 0.3 is 0 Å². The SMILES string of the molecule is Fc1cc2c(cc1Cl)[nH]c(=S)n2-c1ccccc1F. The first-order chi connectivity index (χ1) is 9.08. The van der Waals surface area contributed by atoms with Crippen LogP contribution in [-0.4, -0.2) is 9.55 Å². The van der Waals surface area contributed by atoms with Crippen molar-refractivity contribution in [2.75, 3.05) is 0 Å². The van der Waals surface area contributed by atoms with Gasteiger partial charge in [-0.25, -0.2) is 8.78 Å². The van der Waals surface area contributed by atoms with Crippen LogP contribution in [0.3, 0.4) is 0 Å². The molecule has 0 bridgehead atoms. The van der Waals surface area contributed by atoms with Gasteiger partial charge in [-0.3, -0.25) is 4.57 Å². The second-order valence-electron chi connectivity index (χ2n) is 4.00. The van der Waals surface area contributed by atoms with Crippen LogP contribution in [-0.2, 0) is 0 Å². The van der Waals surface area contributed by atoms with E-state index in [1.54, 1.807) is 18.2 Å². The molecule has 96 valence electrons. The fourth-order valence-electron chi connectivity index (χ4n) is 1.97. The summed E-state index contributed by atoms with van der Waals surface area (Å²) in [4.78, 5) is 2.88. The van der Waals surface area contributed by atoms with Crippen molar-refractivity contribution < 1.29 is 8.78 Å². The van der Waals surface area contributed by atoms with Crippen LogP contribution in [0.2, 0.25) is 5.02 Å². The molecular weight excluding hydrogens is 290 g/mol. The minimum Gasteiger partial charge on any atom is -0.330 e. The number of hydrogen-bond donors (Lipinski definition) is 1. The molecule has 3 aromatic rings. The maximum absolute atomic E-state index is 13.8. The number of rotatable bonds is 1. The number of halogens is 3. The van der Waals surface area contributed by atoms with E-state index < -0.39 is 11.6 Å². The van der Waals surface area contributed by atoms with Gasteiger partial charge in [-0.2, -0.15) is 0 Å². The van der Waals surface area contributed by atoms with Gasteiger partial charge in [0.15, 0.2) is 4.77 Å². The highest BCUT2D eigenvalue weighted by Crippen LogP contribution is 2.26. The summed E-state index contributed by atoms with van der Waals surface area (Å²) < 4.78 is 29.1. The Kier molecular flexibility index (Phi) is 2.88. The van der Waals surface area contributed by atoms with E-state index in [1.165, 1.54) is 22.8 Å². The van der Waals surface area contributed by atoms with Crippen LogP contribution in [0.4, 0.5) is 8.78 Å². The molecule has 0 saturated carbocycles. The number of hydrogen-bond acceptors (Lipinski definition) is 1. The van der Waals surface area contributed by atoms with Crippen molar-refractivity contribution >= 4 is 34.9 Å². The Labute approximate surface area is 117 Å². The predicted molar refractivity (Wildman–Crippen MR) is 73.4 cm³/mol. The van der Waals surface area contributed by atoms with Gasteiger partial charge in [-0.15, -0.1) is 0 Å². The summed E-state index contributed by atoms with van der Waals surface area (Å²) in [5.74, 6) is -1.01. The first-order valence-electron chi connectivity index (χ1n) is 5.42. The van der Waals surface area contributed by atoms with Crippen LogP contribution in [0.15, 0.2) is 36.4 Å². The molecule has 0 atom stereocenters. The third-order valence-electron chi connectivity index (χ3n) is 2.82. The normalized spacial score (nSPS) is 11.1. The second kappa shape index (κ2) is 4.43. The maximum Gasteiger partial charge on any atom is 0.182 e. The average Bonchev–Trinajstić information content (AvgIpc) is 2.66. The van der Waals surface area contributed by atoms with E-state index in [0.29, 0.717) is 11.0 Å². The van der Waals surface area contributed by atoms with E-state index >= 15 is 0 Å². The molecule has 2 nitrogen and oxygen atoms in total. The van der Waals surface area contributed by atoms with Crippen molar-refractivity contribution in [2.24, 2.45) is 0 Å². The Morgan fingerprint density at radius 2 is 1.84 bits per heavy atom. The minimum absolute atomic E-state index is 0.00978. The lowest BCUT2D eigenvalue weighted by molar-refractivity contribution is 0.617. The highest BCUT2D eigenvalue weighted by molar-refractivity contribution is 7.71. The zero-order chi connectivity index (χ0) is 13.6. The summed E-state index contributed by atoms with van der Waals surface area (Å²) in [5, 5.41) is -0.00978. The third kappa shape index (κ3) is 1.95. The van der Waals surface area contributed by atoms with Crippen molar-refractivity contribution in [1.82, 2.24) is 9.55 Å². The van der Waals surface area contributed by atoms with Gasteiger partial charge in [-0.05, 0) is 30.4 Å².